The van der Waals surface area contributed by atoms with Crippen LogP contribution in [-0.4, -0.2) is 29.3 Å². The van der Waals surface area contributed by atoms with Crippen molar-refractivity contribution in [1.82, 2.24) is 10.2 Å². The number of amides is 2. The summed E-state index contributed by atoms with van der Waals surface area (Å²) in [5.41, 5.74) is 2.33. The lowest BCUT2D eigenvalue weighted by Gasteiger charge is -2.19. The van der Waals surface area contributed by atoms with E-state index in [0.29, 0.717) is 6.54 Å². The molecule has 2 unspecified atom stereocenters. The molecule has 1 aliphatic heterocycles. The van der Waals surface area contributed by atoms with Crippen molar-refractivity contribution < 1.29 is 9.59 Å². The predicted molar refractivity (Wildman–Crippen MR) is 73.5 cm³/mol. The third-order valence-electron chi connectivity index (χ3n) is 3.59. The first kappa shape index (κ1) is 13.7. The number of likely N-dealkylation sites (N-methyl/N-ethyl adjacent to an activating group) is 1. The number of carbonyl (C=O) groups excluding carboxylic acids is 2. The summed E-state index contributed by atoms with van der Waals surface area (Å²) in [5.74, 6) is -0.187. The quantitative estimate of drug-likeness (QED) is 0.840. The fourth-order valence-electron chi connectivity index (χ4n) is 2.40. The summed E-state index contributed by atoms with van der Waals surface area (Å²) in [5, 5.41) is 3.25. The molecule has 0 spiro atoms. The predicted octanol–water partition coefficient (Wildman–Crippen LogP) is 1.79. The van der Waals surface area contributed by atoms with Crippen molar-refractivity contribution >= 4 is 11.8 Å². The Morgan fingerprint density at radius 2 is 1.95 bits per heavy atom. The highest BCUT2D eigenvalue weighted by Gasteiger charge is 2.37. The summed E-state index contributed by atoms with van der Waals surface area (Å²) < 4.78 is 0. The smallest absolute Gasteiger partial charge is 0.246 e. The maximum atomic E-state index is 12.0. The molecule has 19 heavy (non-hydrogen) atoms. The Morgan fingerprint density at radius 1 is 1.32 bits per heavy atom. The van der Waals surface area contributed by atoms with Gasteiger partial charge in [-0.1, -0.05) is 29.8 Å². The Hall–Kier alpha value is -1.68. The summed E-state index contributed by atoms with van der Waals surface area (Å²) >= 11 is 0. The van der Waals surface area contributed by atoms with Gasteiger partial charge >= 0.3 is 0 Å². The van der Waals surface area contributed by atoms with E-state index in [4.69, 9.17) is 0 Å². The maximum absolute atomic E-state index is 12.0. The van der Waals surface area contributed by atoms with Gasteiger partial charge in [-0.15, -0.1) is 0 Å². The molecule has 1 saturated heterocycles. The molecule has 2 amide bonds. The number of rotatable bonds is 4. The normalized spacial score (nSPS) is 21.0. The van der Waals surface area contributed by atoms with E-state index < -0.39 is 0 Å². The lowest BCUT2D eigenvalue weighted by atomic mass is 10.1. The minimum atomic E-state index is -0.385. The van der Waals surface area contributed by atoms with E-state index in [1.807, 2.05) is 45.0 Å². The molecule has 4 heteroatoms. The molecule has 2 atom stereocenters. The molecule has 102 valence electrons. The van der Waals surface area contributed by atoms with Gasteiger partial charge in [0.05, 0.1) is 12.5 Å². The highest BCUT2D eigenvalue weighted by Crippen LogP contribution is 2.19. The van der Waals surface area contributed by atoms with Crippen LogP contribution < -0.4 is 5.32 Å². The lowest BCUT2D eigenvalue weighted by molar-refractivity contribution is -0.138. The lowest BCUT2D eigenvalue weighted by Crippen LogP contribution is -2.39. The van der Waals surface area contributed by atoms with E-state index in [2.05, 4.69) is 5.32 Å². The van der Waals surface area contributed by atoms with E-state index in [1.165, 1.54) is 10.5 Å². The van der Waals surface area contributed by atoms with Gasteiger partial charge in [-0.25, -0.2) is 0 Å². The molecule has 1 fully saturated rings. The molecule has 0 saturated carbocycles. The maximum Gasteiger partial charge on any atom is 0.246 e. The Kier molecular flexibility index (Phi) is 4.00. The molecule has 1 aromatic carbocycles. The molecule has 1 aliphatic rings. The number of carbonyl (C=O) groups is 2. The molecule has 0 aliphatic carbocycles. The minimum absolute atomic E-state index is 0.0548. The van der Waals surface area contributed by atoms with E-state index >= 15 is 0 Å². The minimum Gasteiger partial charge on any atom is -0.299 e. The van der Waals surface area contributed by atoms with Crippen LogP contribution in [0.25, 0.3) is 0 Å². The SMILES string of the molecule is CCN1C(=O)CC(NC(C)c2ccc(C)cc2)C1=O. The van der Waals surface area contributed by atoms with Crippen molar-refractivity contribution in [2.75, 3.05) is 6.54 Å². The van der Waals surface area contributed by atoms with Gasteiger partial charge in [0.25, 0.3) is 0 Å². The van der Waals surface area contributed by atoms with Crippen LogP contribution in [0.2, 0.25) is 0 Å². The standard InChI is InChI=1S/C15H20N2O2/c1-4-17-14(18)9-13(15(17)19)16-11(3)12-7-5-10(2)6-8-12/h5-8,11,13,16H,4,9H2,1-3H3. The Balaban J connectivity index is 2.04. The van der Waals surface area contributed by atoms with Crippen molar-refractivity contribution in [1.29, 1.82) is 0 Å². The van der Waals surface area contributed by atoms with Gasteiger partial charge in [0.1, 0.15) is 0 Å². The molecule has 1 N–H and O–H groups in total. The number of nitrogens with one attached hydrogen (secondary N) is 1. The third kappa shape index (κ3) is 2.84. The first-order chi connectivity index (χ1) is 9.02. The third-order valence-corrected chi connectivity index (χ3v) is 3.59. The van der Waals surface area contributed by atoms with Crippen LogP contribution in [-0.2, 0) is 9.59 Å². The Bertz CT molecular complexity index is 481. The van der Waals surface area contributed by atoms with Crippen LogP contribution >= 0.6 is 0 Å². The van der Waals surface area contributed by atoms with Crippen LogP contribution in [0.1, 0.15) is 37.4 Å². The molecule has 0 radical (unpaired) electrons. The van der Waals surface area contributed by atoms with Gasteiger partial charge < -0.3 is 0 Å². The number of imide groups is 1. The van der Waals surface area contributed by atoms with Gasteiger partial charge in [0, 0.05) is 12.6 Å². The summed E-state index contributed by atoms with van der Waals surface area (Å²) in [4.78, 5) is 25.0. The molecule has 4 nitrogen and oxygen atoms in total. The zero-order chi connectivity index (χ0) is 14.0. The van der Waals surface area contributed by atoms with Crippen LogP contribution in [0.5, 0.6) is 0 Å². The number of benzene rings is 1. The zero-order valence-electron chi connectivity index (χ0n) is 11.6. The molecular formula is C15H20N2O2. The van der Waals surface area contributed by atoms with Crippen molar-refractivity contribution in [3.8, 4) is 0 Å². The molecule has 1 aromatic rings. The number of aryl methyl sites for hydroxylation is 1. The molecule has 2 rings (SSSR count). The number of nitrogens with zero attached hydrogens (tertiary/aromatic N) is 1. The van der Waals surface area contributed by atoms with Crippen molar-refractivity contribution in [2.24, 2.45) is 0 Å². The number of hydrogen-bond acceptors (Lipinski definition) is 3. The average molecular weight is 260 g/mol. The second-order valence-corrected chi connectivity index (χ2v) is 5.03. The van der Waals surface area contributed by atoms with E-state index in [9.17, 15) is 9.59 Å². The van der Waals surface area contributed by atoms with Crippen molar-refractivity contribution in [3.05, 3.63) is 35.4 Å². The van der Waals surface area contributed by atoms with Crippen LogP contribution in [0, 0.1) is 6.92 Å². The first-order valence-corrected chi connectivity index (χ1v) is 6.69. The average Bonchev–Trinajstić information content (AvgIpc) is 2.64. The largest absolute Gasteiger partial charge is 0.299 e. The highest BCUT2D eigenvalue weighted by atomic mass is 16.2. The van der Waals surface area contributed by atoms with Crippen LogP contribution in [0.3, 0.4) is 0 Å². The van der Waals surface area contributed by atoms with Crippen molar-refractivity contribution in [3.63, 3.8) is 0 Å². The molecule has 0 bridgehead atoms. The topological polar surface area (TPSA) is 49.4 Å². The van der Waals surface area contributed by atoms with Gasteiger partial charge in [0.15, 0.2) is 0 Å². The monoisotopic (exact) mass is 260 g/mol. The summed E-state index contributed by atoms with van der Waals surface area (Å²) in [6.07, 6.45) is 0.267. The van der Waals surface area contributed by atoms with Gasteiger partial charge in [0.2, 0.25) is 11.8 Å². The molecule has 1 heterocycles. The second kappa shape index (κ2) is 5.53. The van der Waals surface area contributed by atoms with Gasteiger partial charge in [-0.05, 0) is 26.3 Å². The number of hydrogen-bond donors (Lipinski definition) is 1. The fourth-order valence-corrected chi connectivity index (χ4v) is 2.40. The van der Waals surface area contributed by atoms with Crippen molar-refractivity contribution in [2.45, 2.75) is 39.3 Å². The number of likely N-dealkylation sites (tertiary alicyclic amines) is 1. The summed E-state index contributed by atoms with van der Waals surface area (Å²) in [6.45, 7) is 6.33. The van der Waals surface area contributed by atoms with E-state index in [0.717, 1.165) is 5.56 Å². The zero-order valence-corrected chi connectivity index (χ0v) is 11.6. The summed E-state index contributed by atoms with van der Waals surface area (Å²) in [6, 6.07) is 7.86. The first-order valence-electron chi connectivity index (χ1n) is 6.69. The summed E-state index contributed by atoms with van der Waals surface area (Å²) in [7, 11) is 0. The fraction of sp³-hybridized carbons (Fsp3) is 0.467. The van der Waals surface area contributed by atoms with Crippen LogP contribution in [0.4, 0.5) is 0 Å². The molecule has 0 aromatic heterocycles. The second-order valence-electron chi connectivity index (χ2n) is 5.03. The highest BCUT2D eigenvalue weighted by molar-refractivity contribution is 6.05. The Morgan fingerprint density at radius 3 is 2.47 bits per heavy atom. The van der Waals surface area contributed by atoms with Crippen LogP contribution in [0.15, 0.2) is 24.3 Å². The van der Waals surface area contributed by atoms with E-state index in [-0.39, 0.29) is 30.3 Å². The van der Waals surface area contributed by atoms with Gasteiger partial charge in [-0.2, -0.15) is 0 Å². The van der Waals surface area contributed by atoms with E-state index in [1.54, 1.807) is 0 Å². The Labute approximate surface area is 113 Å². The molecular weight excluding hydrogens is 240 g/mol. The van der Waals surface area contributed by atoms with Gasteiger partial charge in [-0.3, -0.25) is 19.8 Å².